The SMILES string of the molecule is CCOc1ccc(/C=C/C(=O)Oc2cccnc2Br)cc1. The van der Waals surface area contributed by atoms with Crippen LogP contribution < -0.4 is 9.47 Å². The molecule has 0 saturated carbocycles. The predicted molar refractivity (Wildman–Crippen MR) is 84.2 cm³/mol. The van der Waals surface area contributed by atoms with Gasteiger partial charge in [-0.3, -0.25) is 0 Å². The summed E-state index contributed by atoms with van der Waals surface area (Å²) in [6.45, 7) is 2.56. The molecular weight excluding hydrogens is 334 g/mol. The zero-order chi connectivity index (χ0) is 15.1. The summed E-state index contributed by atoms with van der Waals surface area (Å²) in [4.78, 5) is 15.7. The van der Waals surface area contributed by atoms with Crippen molar-refractivity contribution in [3.63, 3.8) is 0 Å². The molecule has 0 unspecified atom stereocenters. The van der Waals surface area contributed by atoms with E-state index in [0.717, 1.165) is 11.3 Å². The van der Waals surface area contributed by atoms with Crippen molar-refractivity contribution in [3.8, 4) is 11.5 Å². The zero-order valence-electron chi connectivity index (χ0n) is 11.5. The Bertz CT molecular complexity index is 638. The third-order valence-electron chi connectivity index (χ3n) is 2.54. The first-order valence-corrected chi connectivity index (χ1v) is 7.21. The minimum Gasteiger partial charge on any atom is -0.494 e. The summed E-state index contributed by atoms with van der Waals surface area (Å²) in [5, 5.41) is 0. The van der Waals surface area contributed by atoms with Crippen molar-refractivity contribution in [2.75, 3.05) is 6.61 Å². The molecule has 0 aliphatic heterocycles. The van der Waals surface area contributed by atoms with E-state index in [1.807, 2.05) is 31.2 Å². The van der Waals surface area contributed by atoms with Gasteiger partial charge in [0.2, 0.25) is 0 Å². The number of ether oxygens (including phenoxy) is 2. The fourth-order valence-electron chi connectivity index (χ4n) is 1.60. The summed E-state index contributed by atoms with van der Waals surface area (Å²) in [6.07, 6.45) is 4.66. The van der Waals surface area contributed by atoms with Crippen LogP contribution in [0.25, 0.3) is 6.08 Å². The highest BCUT2D eigenvalue weighted by Gasteiger charge is 2.05. The normalized spacial score (nSPS) is 10.6. The van der Waals surface area contributed by atoms with E-state index in [9.17, 15) is 4.79 Å². The molecule has 1 aromatic heterocycles. The monoisotopic (exact) mass is 347 g/mol. The molecule has 0 aliphatic rings. The highest BCUT2D eigenvalue weighted by Crippen LogP contribution is 2.21. The standard InChI is InChI=1S/C16H14BrNO3/c1-2-20-13-8-5-12(6-9-13)7-10-15(19)21-14-4-3-11-18-16(14)17/h3-11H,2H2,1H3/b10-7+. The molecule has 5 heteroatoms. The number of rotatable bonds is 5. The highest BCUT2D eigenvalue weighted by molar-refractivity contribution is 9.10. The molecule has 0 spiro atoms. The van der Waals surface area contributed by atoms with Gasteiger partial charge in [0.15, 0.2) is 5.75 Å². The van der Waals surface area contributed by atoms with Crippen molar-refractivity contribution >= 4 is 28.0 Å². The molecule has 2 aromatic rings. The Balaban J connectivity index is 1.97. The lowest BCUT2D eigenvalue weighted by atomic mass is 10.2. The van der Waals surface area contributed by atoms with Gasteiger partial charge in [0.1, 0.15) is 10.4 Å². The topological polar surface area (TPSA) is 48.4 Å². The largest absolute Gasteiger partial charge is 0.494 e. The average Bonchev–Trinajstić information content (AvgIpc) is 2.49. The number of aromatic nitrogens is 1. The van der Waals surface area contributed by atoms with Crippen molar-refractivity contribution in [2.24, 2.45) is 0 Å². The average molecular weight is 348 g/mol. The predicted octanol–water partition coefficient (Wildman–Crippen LogP) is 3.86. The zero-order valence-corrected chi connectivity index (χ0v) is 13.0. The smallest absolute Gasteiger partial charge is 0.336 e. The third-order valence-corrected chi connectivity index (χ3v) is 3.13. The first-order valence-electron chi connectivity index (χ1n) is 6.42. The number of esters is 1. The molecule has 0 amide bonds. The molecule has 0 bridgehead atoms. The van der Waals surface area contributed by atoms with Gasteiger partial charge in [-0.1, -0.05) is 12.1 Å². The quantitative estimate of drug-likeness (QED) is 0.468. The molecule has 0 atom stereocenters. The van der Waals surface area contributed by atoms with Gasteiger partial charge in [-0.25, -0.2) is 9.78 Å². The van der Waals surface area contributed by atoms with Crippen molar-refractivity contribution in [3.05, 3.63) is 58.8 Å². The summed E-state index contributed by atoms with van der Waals surface area (Å²) in [7, 11) is 0. The fraction of sp³-hybridized carbons (Fsp3) is 0.125. The molecule has 0 aliphatic carbocycles. The molecule has 108 valence electrons. The van der Waals surface area contributed by atoms with E-state index in [4.69, 9.17) is 9.47 Å². The van der Waals surface area contributed by atoms with Crippen LogP contribution in [0.4, 0.5) is 0 Å². The number of halogens is 1. The second-order valence-corrected chi connectivity index (χ2v) is 4.80. The van der Waals surface area contributed by atoms with E-state index in [-0.39, 0.29) is 0 Å². The molecule has 0 fully saturated rings. The molecule has 0 saturated heterocycles. The number of nitrogens with zero attached hydrogens (tertiary/aromatic N) is 1. The number of carbonyl (C=O) groups is 1. The molecule has 2 rings (SSSR count). The van der Waals surface area contributed by atoms with Crippen molar-refractivity contribution in [1.29, 1.82) is 0 Å². The third kappa shape index (κ3) is 4.72. The van der Waals surface area contributed by atoms with Crippen LogP contribution in [0, 0.1) is 0 Å². The summed E-state index contributed by atoms with van der Waals surface area (Å²) >= 11 is 3.22. The number of carbonyl (C=O) groups excluding carboxylic acids is 1. The van der Waals surface area contributed by atoms with Gasteiger partial charge >= 0.3 is 5.97 Å². The van der Waals surface area contributed by atoms with Crippen LogP contribution in [-0.4, -0.2) is 17.6 Å². The van der Waals surface area contributed by atoms with Crippen molar-refractivity contribution < 1.29 is 14.3 Å². The second-order valence-electron chi connectivity index (χ2n) is 4.05. The van der Waals surface area contributed by atoms with Crippen LogP contribution in [-0.2, 0) is 4.79 Å². The molecule has 0 N–H and O–H groups in total. The van der Waals surface area contributed by atoms with Crippen molar-refractivity contribution in [1.82, 2.24) is 4.98 Å². The molecule has 0 radical (unpaired) electrons. The Morgan fingerprint density at radius 1 is 1.29 bits per heavy atom. The van der Waals surface area contributed by atoms with Crippen molar-refractivity contribution in [2.45, 2.75) is 6.92 Å². The lowest BCUT2D eigenvalue weighted by Crippen LogP contribution is -2.04. The van der Waals surface area contributed by atoms with E-state index >= 15 is 0 Å². The number of hydrogen-bond donors (Lipinski definition) is 0. The lowest BCUT2D eigenvalue weighted by molar-refractivity contribution is -0.128. The summed E-state index contributed by atoms with van der Waals surface area (Å²) in [5.41, 5.74) is 0.889. The van der Waals surface area contributed by atoms with Crippen LogP contribution in [0.2, 0.25) is 0 Å². The van der Waals surface area contributed by atoms with E-state index in [2.05, 4.69) is 20.9 Å². The van der Waals surface area contributed by atoms with Crippen LogP contribution >= 0.6 is 15.9 Å². The summed E-state index contributed by atoms with van der Waals surface area (Å²) < 4.78 is 11.0. The Labute approximate surface area is 131 Å². The van der Waals surface area contributed by atoms with E-state index in [0.29, 0.717) is 17.0 Å². The van der Waals surface area contributed by atoms with Gasteiger partial charge in [-0.05, 0) is 58.8 Å². The highest BCUT2D eigenvalue weighted by atomic mass is 79.9. The van der Waals surface area contributed by atoms with Gasteiger partial charge in [-0.2, -0.15) is 0 Å². The first-order chi connectivity index (χ1) is 10.2. The Hall–Kier alpha value is -2.14. The van der Waals surface area contributed by atoms with Crippen LogP contribution in [0.1, 0.15) is 12.5 Å². The summed E-state index contributed by atoms with van der Waals surface area (Å²) in [6, 6.07) is 10.8. The van der Waals surface area contributed by atoms with E-state index < -0.39 is 5.97 Å². The van der Waals surface area contributed by atoms with Gasteiger partial charge in [0.05, 0.1) is 6.61 Å². The number of pyridine rings is 1. The second kappa shape index (κ2) is 7.59. The number of hydrogen-bond acceptors (Lipinski definition) is 4. The molecule has 21 heavy (non-hydrogen) atoms. The van der Waals surface area contributed by atoms with Gasteiger partial charge in [-0.15, -0.1) is 0 Å². The molecule has 1 heterocycles. The molecular formula is C16H14BrNO3. The number of benzene rings is 1. The first kappa shape index (κ1) is 15.3. The van der Waals surface area contributed by atoms with Gasteiger partial charge in [0, 0.05) is 12.3 Å². The van der Waals surface area contributed by atoms with E-state index in [1.54, 1.807) is 24.4 Å². The fourth-order valence-corrected chi connectivity index (χ4v) is 1.93. The maximum absolute atomic E-state index is 11.7. The minimum absolute atomic E-state index is 0.388. The molecule has 4 nitrogen and oxygen atoms in total. The Morgan fingerprint density at radius 3 is 2.71 bits per heavy atom. The lowest BCUT2D eigenvalue weighted by Gasteiger charge is -2.03. The summed E-state index contributed by atoms with van der Waals surface area (Å²) in [5.74, 6) is 0.730. The maximum atomic E-state index is 11.7. The minimum atomic E-state index is -0.461. The van der Waals surface area contributed by atoms with Crippen LogP contribution in [0.15, 0.2) is 53.3 Å². The van der Waals surface area contributed by atoms with Crippen LogP contribution in [0.5, 0.6) is 11.5 Å². The molecule has 1 aromatic carbocycles. The maximum Gasteiger partial charge on any atom is 0.336 e. The van der Waals surface area contributed by atoms with E-state index in [1.165, 1.54) is 6.08 Å². The van der Waals surface area contributed by atoms with Gasteiger partial charge in [0.25, 0.3) is 0 Å². The Kier molecular flexibility index (Phi) is 5.51. The van der Waals surface area contributed by atoms with Crippen LogP contribution in [0.3, 0.4) is 0 Å². The van der Waals surface area contributed by atoms with Gasteiger partial charge < -0.3 is 9.47 Å². The Morgan fingerprint density at radius 2 is 2.05 bits per heavy atom.